The molecule has 4 amide bonds. The van der Waals surface area contributed by atoms with Crippen molar-refractivity contribution >= 4 is 17.8 Å². The number of para-hydroxylation sites is 1. The van der Waals surface area contributed by atoms with Gasteiger partial charge in [-0.1, -0.05) is 37.5 Å². The number of carbonyl (C=O) groups is 3. The van der Waals surface area contributed by atoms with Gasteiger partial charge in [-0.05, 0) is 18.9 Å². The molecular weight excluding hydrogens is 346 g/mol. The molecule has 3 aliphatic rings. The summed E-state index contributed by atoms with van der Waals surface area (Å²) in [5.74, 6) is 0.0933. The topological polar surface area (TPSA) is 79.0 Å². The zero-order valence-electron chi connectivity index (χ0n) is 15.4. The number of nitrogens with zero attached hydrogens (tertiary/aromatic N) is 2. The molecule has 0 aromatic heterocycles. The highest BCUT2D eigenvalue weighted by molar-refractivity contribution is 6.09. The Labute approximate surface area is 158 Å². The molecule has 1 aromatic rings. The van der Waals surface area contributed by atoms with E-state index >= 15 is 0 Å². The lowest BCUT2D eigenvalue weighted by Crippen LogP contribution is -2.48. The number of hydrogen-bond donors (Lipinski definition) is 1. The lowest BCUT2D eigenvalue weighted by molar-refractivity contribution is -0.139. The molecule has 27 heavy (non-hydrogen) atoms. The Bertz CT molecular complexity index is 757. The number of hydrogen-bond acceptors (Lipinski definition) is 4. The highest BCUT2D eigenvalue weighted by Crippen LogP contribution is 2.40. The molecule has 7 heteroatoms. The second-order valence-corrected chi connectivity index (χ2v) is 7.47. The lowest BCUT2D eigenvalue weighted by atomic mass is 9.84. The zero-order chi connectivity index (χ0) is 18.9. The first-order valence-corrected chi connectivity index (χ1v) is 9.76. The minimum atomic E-state index is -1.12. The molecule has 3 aliphatic heterocycles. The highest BCUT2D eigenvalue weighted by Gasteiger charge is 2.55. The van der Waals surface area contributed by atoms with E-state index in [0.717, 1.165) is 30.6 Å². The third-order valence-electron chi connectivity index (χ3n) is 5.76. The molecule has 144 valence electrons. The van der Waals surface area contributed by atoms with Crippen molar-refractivity contribution in [3.63, 3.8) is 0 Å². The number of urea groups is 1. The summed E-state index contributed by atoms with van der Waals surface area (Å²) in [6.45, 7) is 1.54. The molecule has 0 saturated carbocycles. The average molecular weight is 371 g/mol. The summed E-state index contributed by atoms with van der Waals surface area (Å²) in [5, 5.41) is 2.84. The number of nitrogens with one attached hydrogen (secondary N) is 1. The number of ether oxygens (including phenoxy) is 1. The van der Waals surface area contributed by atoms with Crippen molar-refractivity contribution in [1.29, 1.82) is 0 Å². The van der Waals surface area contributed by atoms with Crippen LogP contribution in [0.1, 0.15) is 44.1 Å². The fraction of sp³-hybridized carbons (Fsp3) is 0.550. The maximum Gasteiger partial charge on any atom is 0.325 e. The summed E-state index contributed by atoms with van der Waals surface area (Å²) in [4.78, 5) is 41.4. The van der Waals surface area contributed by atoms with Gasteiger partial charge in [-0.2, -0.15) is 0 Å². The van der Waals surface area contributed by atoms with Crippen LogP contribution in [0.25, 0.3) is 0 Å². The second-order valence-electron chi connectivity index (χ2n) is 7.47. The molecule has 1 N–H and O–H groups in total. The van der Waals surface area contributed by atoms with Crippen LogP contribution in [0.2, 0.25) is 0 Å². The SMILES string of the molecule is O=C(CN1C(=O)N[C@@]2(CCOc3ccccc32)C1=O)N1CCCCCCC1. The summed E-state index contributed by atoms with van der Waals surface area (Å²) in [6.07, 6.45) is 5.75. The molecule has 3 heterocycles. The molecule has 0 aliphatic carbocycles. The third kappa shape index (κ3) is 3.15. The Hall–Kier alpha value is -2.57. The molecule has 0 bridgehead atoms. The molecular formula is C20H25N3O4. The monoisotopic (exact) mass is 371 g/mol. The zero-order valence-corrected chi connectivity index (χ0v) is 15.4. The van der Waals surface area contributed by atoms with Crippen molar-refractivity contribution in [1.82, 2.24) is 15.1 Å². The van der Waals surface area contributed by atoms with E-state index in [0.29, 0.717) is 37.4 Å². The van der Waals surface area contributed by atoms with Crippen molar-refractivity contribution < 1.29 is 19.1 Å². The van der Waals surface area contributed by atoms with Crippen LogP contribution >= 0.6 is 0 Å². The Kier molecular flexibility index (Phi) is 4.76. The van der Waals surface area contributed by atoms with Gasteiger partial charge >= 0.3 is 6.03 Å². The summed E-state index contributed by atoms with van der Waals surface area (Å²) in [5.41, 5.74) is -0.460. The van der Waals surface area contributed by atoms with Crippen LogP contribution in [0.15, 0.2) is 24.3 Å². The fourth-order valence-electron chi connectivity index (χ4n) is 4.25. The van der Waals surface area contributed by atoms with Crippen LogP contribution in [0.5, 0.6) is 5.75 Å². The molecule has 0 unspecified atom stereocenters. The number of imide groups is 1. The molecule has 1 aromatic carbocycles. The summed E-state index contributed by atoms with van der Waals surface area (Å²) >= 11 is 0. The summed E-state index contributed by atoms with van der Waals surface area (Å²) in [6, 6.07) is 6.75. The van der Waals surface area contributed by atoms with Gasteiger partial charge in [0.05, 0.1) is 6.61 Å². The molecule has 0 radical (unpaired) electrons. The predicted molar refractivity (Wildman–Crippen MR) is 98.1 cm³/mol. The Morgan fingerprint density at radius 3 is 2.56 bits per heavy atom. The average Bonchev–Trinajstić information content (AvgIpc) is 2.87. The van der Waals surface area contributed by atoms with Crippen LogP contribution in [-0.4, -0.2) is 53.9 Å². The normalized spacial score (nSPS) is 25.5. The van der Waals surface area contributed by atoms with Crippen LogP contribution in [0.4, 0.5) is 4.79 Å². The third-order valence-corrected chi connectivity index (χ3v) is 5.76. The standard InChI is InChI=1S/C20H25N3O4/c24-17(22-11-6-2-1-3-7-12-22)14-23-18(25)20(21-19(23)26)10-13-27-16-9-5-4-8-15(16)20/h4-5,8-9H,1-3,6-7,10-14H2,(H,21,26)/t20-/m1/s1. The van der Waals surface area contributed by atoms with E-state index < -0.39 is 11.6 Å². The van der Waals surface area contributed by atoms with Crippen LogP contribution in [-0.2, 0) is 15.1 Å². The maximum atomic E-state index is 13.2. The first kappa shape index (κ1) is 17.8. The maximum absolute atomic E-state index is 13.2. The largest absolute Gasteiger partial charge is 0.493 e. The van der Waals surface area contributed by atoms with Crippen molar-refractivity contribution in [2.24, 2.45) is 0 Å². The van der Waals surface area contributed by atoms with Crippen molar-refractivity contribution in [3.8, 4) is 5.75 Å². The van der Waals surface area contributed by atoms with E-state index in [9.17, 15) is 14.4 Å². The van der Waals surface area contributed by atoms with Gasteiger partial charge in [-0.3, -0.25) is 14.5 Å². The summed E-state index contributed by atoms with van der Waals surface area (Å²) < 4.78 is 5.63. The first-order valence-electron chi connectivity index (χ1n) is 9.76. The number of likely N-dealkylation sites (tertiary alicyclic amines) is 1. The Balaban J connectivity index is 1.53. The fourth-order valence-corrected chi connectivity index (χ4v) is 4.25. The van der Waals surface area contributed by atoms with Gasteiger partial charge in [0.15, 0.2) is 5.54 Å². The van der Waals surface area contributed by atoms with Gasteiger partial charge in [0.2, 0.25) is 5.91 Å². The van der Waals surface area contributed by atoms with Crippen molar-refractivity contribution in [2.45, 2.75) is 44.1 Å². The second kappa shape index (κ2) is 7.21. The van der Waals surface area contributed by atoms with E-state index in [2.05, 4.69) is 5.32 Å². The number of carbonyl (C=O) groups excluding carboxylic acids is 3. The number of fused-ring (bicyclic) bond motifs is 2. The van der Waals surface area contributed by atoms with E-state index in [-0.39, 0.29) is 18.4 Å². The number of benzene rings is 1. The number of rotatable bonds is 2. The summed E-state index contributed by atoms with van der Waals surface area (Å²) in [7, 11) is 0. The van der Waals surface area contributed by atoms with Gasteiger partial charge < -0.3 is 15.0 Å². The van der Waals surface area contributed by atoms with Crippen LogP contribution in [0, 0.1) is 0 Å². The smallest absolute Gasteiger partial charge is 0.325 e. The van der Waals surface area contributed by atoms with Gasteiger partial charge in [0, 0.05) is 25.1 Å². The van der Waals surface area contributed by atoms with E-state index in [1.54, 1.807) is 17.0 Å². The van der Waals surface area contributed by atoms with Gasteiger partial charge in [-0.25, -0.2) is 4.79 Å². The van der Waals surface area contributed by atoms with Crippen LogP contribution < -0.4 is 10.1 Å². The van der Waals surface area contributed by atoms with Crippen molar-refractivity contribution in [3.05, 3.63) is 29.8 Å². The molecule has 2 saturated heterocycles. The minimum absolute atomic E-state index is 0.155. The minimum Gasteiger partial charge on any atom is -0.493 e. The van der Waals surface area contributed by atoms with Crippen molar-refractivity contribution in [2.75, 3.05) is 26.2 Å². The lowest BCUT2D eigenvalue weighted by Gasteiger charge is -2.33. The van der Waals surface area contributed by atoms with Crippen LogP contribution in [0.3, 0.4) is 0 Å². The van der Waals surface area contributed by atoms with E-state index in [1.165, 1.54) is 6.42 Å². The van der Waals surface area contributed by atoms with E-state index in [4.69, 9.17) is 4.74 Å². The molecule has 2 fully saturated rings. The predicted octanol–water partition coefficient (Wildman–Crippen LogP) is 2.01. The quantitative estimate of drug-likeness (QED) is 0.807. The van der Waals surface area contributed by atoms with Gasteiger partial charge in [0.25, 0.3) is 5.91 Å². The highest BCUT2D eigenvalue weighted by atomic mass is 16.5. The van der Waals surface area contributed by atoms with Gasteiger partial charge in [-0.15, -0.1) is 0 Å². The number of amides is 4. The molecule has 4 rings (SSSR count). The molecule has 7 nitrogen and oxygen atoms in total. The molecule has 1 spiro atoms. The Morgan fingerprint density at radius 2 is 1.78 bits per heavy atom. The Morgan fingerprint density at radius 1 is 1.07 bits per heavy atom. The van der Waals surface area contributed by atoms with E-state index in [1.807, 2.05) is 12.1 Å². The first-order chi connectivity index (χ1) is 13.1. The van der Waals surface area contributed by atoms with Gasteiger partial charge in [0.1, 0.15) is 12.3 Å². The molecule has 1 atom stereocenters.